The highest BCUT2D eigenvalue weighted by Gasteiger charge is 2.06. The highest BCUT2D eigenvalue weighted by molar-refractivity contribution is 7.11. The van der Waals surface area contributed by atoms with Crippen LogP contribution in [0.3, 0.4) is 0 Å². The second-order valence-electron chi connectivity index (χ2n) is 4.97. The van der Waals surface area contributed by atoms with E-state index in [1.807, 2.05) is 19.2 Å². The lowest BCUT2D eigenvalue weighted by atomic mass is 10.1. The SMILES string of the molecule is COc1ccc(CN(C)C)cc1NCc1cnc(C)s1. The molecule has 0 radical (unpaired) electrons. The van der Waals surface area contributed by atoms with Crippen molar-refractivity contribution >= 4 is 17.0 Å². The molecule has 0 saturated carbocycles. The third kappa shape index (κ3) is 3.95. The second-order valence-corrected chi connectivity index (χ2v) is 6.29. The van der Waals surface area contributed by atoms with Crippen LogP contribution in [0.5, 0.6) is 5.75 Å². The van der Waals surface area contributed by atoms with E-state index in [2.05, 4.69) is 41.4 Å². The summed E-state index contributed by atoms with van der Waals surface area (Å²) < 4.78 is 5.41. The van der Waals surface area contributed by atoms with E-state index in [1.54, 1.807) is 18.4 Å². The molecule has 0 aliphatic carbocycles. The van der Waals surface area contributed by atoms with Crippen LogP contribution < -0.4 is 10.1 Å². The van der Waals surface area contributed by atoms with Crippen molar-refractivity contribution in [3.05, 3.63) is 39.8 Å². The number of thiazole rings is 1. The van der Waals surface area contributed by atoms with Crippen LogP contribution in [0, 0.1) is 6.92 Å². The van der Waals surface area contributed by atoms with Gasteiger partial charge in [0.25, 0.3) is 0 Å². The molecule has 1 aromatic heterocycles. The van der Waals surface area contributed by atoms with Gasteiger partial charge in [0.05, 0.1) is 24.3 Å². The molecule has 0 saturated heterocycles. The number of aromatic nitrogens is 1. The standard InChI is InChI=1S/C15H21N3OS/c1-11-16-8-13(20-11)9-17-14-7-12(10-18(2)3)5-6-15(14)19-4/h5-8,17H,9-10H2,1-4H3. The van der Waals surface area contributed by atoms with Gasteiger partial charge < -0.3 is 15.0 Å². The molecule has 0 fully saturated rings. The van der Waals surface area contributed by atoms with Crippen LogP contribution in [0.2, 0.25) is 0 Å². The molecule has 2 aromatic rings. The van der Waals surface area contributed by atoms with Crippen molar-refractivity contribution in [2.24, 2.45) is 0 Å². The average molecular weight is 291 g/mol. The fourth-order valence-electron chi connectivity index (χ4n) is 2.03. The number of hydrogen-bond acceptors (Lipinski definition) is 5. The summed E-state index contributed by atoms with van der Waals surface area (Å²) in [6.07, 6.45) is 1.92. The molecular formula is C15H21N3OS. The minimum atomic E-state index is 0.771. The van der Waals surface area contributed by atoms with Crippen LogP contribution in [0.15, 0.2) is 24.4 Å². The van der Waals surface area contributed by atoms with Crippen molar-refractivity contribution in [2.45, 2.75) is 20.0 Å². The number of nitrogens with one attached hydrogen (secondary N) is 1. The fourth-order valence-corrected chi connectivity index (χ4v) is 2.76. The quantitative estimate of drug-likeness (QED) is 0.887. The van der Waals surface area contributed by atoms with Gasteiger partial charge in [-0.15, -0.1) is 11.3 Å². The Hall–Kier alpha value is -1.59. The van der Waals surface area contributed by atoms with Crippen LogP contribution in [0.25, 0.3) is 0 Å². The summed E-state index contributed by atoms with van der Waals surface area (Å²) in [4.78, 5) is 7.64. The van der Waals surface area contributed by atoms with Gasteiger partial charge in [-0.05, 0) is 38.7 Å². The lowest BCUT2D eigenvalue weighted by Gasteiger charge is -2.14. The number of hydrogen-bond donors (Lipinski definition) is 1. The average Bonchev–Trinajstić information content (AvgIpc) is 2.82. The minimum Gasteiger partial charge on any atom is -0.495 e. The molecule has 1 N–H and O–H groups in total. The lowest BCUT2D eigenvalue weighted by molar-refractivity contribution is 0.400. The largest absolute Gasteiger partial charge is 0.495 e. The zero-order valence-electron chi connectivity index (χ0n) is 12.4. The van der Waals surface area contributed by atoms with Crippen molar-refractivity contribution in [1.82, 2.24) is 9.88 Å². The summed E-state index contributed by atoms with van der Waals surface area (Å²) in [6.45, 7) is 3.71. The van der Waals surface area contributed by atoms with E-state index in [9.17, 15) is 0 Å². The molecule has 5 heteroatoms. The molecule has 1 aromatic carbocycles. The van der Waals surface area contributed by atoms with Gasteiger partial charge in [0, 0.05) is 17.6 Å². The predicted molar refractivity (Wildman–Crippen MR) is 84.6 cm³/mol. The maximum atomic E-state index is 5.41. The summed E-state index contributed by atoms with van der Waals surface area (Å²) in [5.41, 5.74) is 2.29. The Bertz CT molecular complexity index is 566. The third-order valence-corrected chi connectivity index (χ3v) is 3.80. The van der Waals surface area contributed by atoms with Crippen molar-refractivity contribution in [3.8, 4) is 5.75 Å². The molecule has 0 bridgehead atoms. The Labute approximate surface area is 124 Å². The normalized spacial score (nSPS) is 10.8. The van der Waals surface area contributed by atoms with Crippen molar-refractivity contribution in [2.75, 3.05) is 26.5 Å². The topological polar surface area (TPSA) is 37.4 Å². The number of anilines is 1. The van der Waals surface area contributed by atoms with Gasteiger partial charge in [-0.25, -0.2) is 4.98 Å². The first-order valence-electron chi connectivity index (χ1n) is 6.55. The number of ether oxygens (including phenoxy) is 1. The van der Waals surface area contributed by atoms with Crippen molar-refractivity contribution in [3.63, 3.8) is 0 Å². The highest BCUT2D eigenvalue weighted by atomic mass is 32.1. The number of nitrogens with zero attached hydrogens (tertiary/aromatic N) is 2. The van der Waals surface area contributed by atoms with Crippen LogP contribution in [0.1, 0.15) is 15.4 Å². The van der Waals surface area contributed by atoms with E-state index in [0.717, 1.165) is 29.5 Å². The molecule has 0 amide bonds. The van der Waals surface area contributed by atoms with E-state index in [4.69, 9.17) is 4.74 Å². The summed E-state index contributed by atoms with van der Waals surface area (Å²) in [6, 6.07) is 6.26. The smallest absolute Gasteiger partial charge is 0.141 e. The summed E-state index contributed by atoms with van der Waals surface area (Å²) in [5.74, 6) is 0.869. The molecule has 0 spiro atoms. The Morgan fingerprint density at radius 2 is 2.15 bits per heavy atom. The van der Waals surface area contributed by atoms with Gasteiger partial charge in [-0.3, -0.25) is 0 Å². The van der Waals surface area contributed by atoms with Crippen LogP contribution in [-0.2, 0) is 13.1 Å². The predicted octanol–water partition coefficient (Wildman–Crippen LogP) is 3.13. The van der Waals surface area contributed by atoms with Gasteiger partial charge >= 0.3 is 0 Å². The molecule has 4 nitrogen and oxygen atoms in total. The molecule has 0 unspecified atom stereocenters. The van der Waals surface area contributed by atoms with E-state index >= 15 is 0 Å². The van der Waals surface area contributed by atoms with Gasteiger partial charge in [0.15, 0.2) is 0 Å². The monoisotopic (exact) mass is 291 g/mol. The van der Waals surface area contributed by atoms with Crippen LogP contribution >= 0.6 is 11.3 Å². The minimum absolute atomic E-state index is 0.771. The van der Waals surface area contributed by atoms with Crippen molar-refractivity contribution < 1.29 is 4.74 Å². The molecule has 0 aliphatic heterocycles. The number of methoxy groups -OCH3 is 1. The summed E-state index contributed by atoms with van der Waals surface area (Å²) in [7, 11) is 5.83. The number of benzene rings is 1. The number of rotatable bonds is 6. The van der Waals surface area contributed by atoms with Gasteiger partial charge in [-0.1, -0.05) is 6.07 Å². The molecule has 2 rings (SSSR count). The van der Waals surface area contributed by atoms with Crippen LogP contribution in [0.4, 0.5) is 5.69 Å². The van der Waals surface area contributed by atoms with Crippen molar-refractivity contribution in [1.29, 1.82) is 0 Å². The Morgan fingerprint density at radius 3 is 2.75 bits per heavy atom. The highest BCUT2D eigenvalue weighted by Crippen LogP contribution is 2.27. The van der Waals surface area contributed by atoms with Crippen LogP contribution in [-0.4, -0.2) is 31.1 Å². The fraction of sp³-hybridized carbons (Fsp3) is 0.400. The summed E-state index contributed by atoms with van der Waals surface area (Å²) >= 11 is 1.71. The van der Waals surface area contributed by atoms with E-state index in [-0.39, 0.29) is 0 Å². The first-order valence-corrected chi connectivity index (χ1v) is 7.37. The third-order valence-electron chi connectivity index (χ3n) is 2.88. The van der Waals surface area contributed by atoms with Gasteiger partial charge in [0.1, 0.15) is 5.75 Å². The van der Waals surface area contributed by atoms with E-state index in [1.165, 1.54) is 10.4 Å². The maximum Gasteiger partial charge on any atom is 0.141 e. The maximum absolute atomic E-state index is 5.41. The molecule has 0 atom stereocenters. The summed E-state index contributed by atoms with van der Waals surface area (Å²) in [5, 5.41) is 4.53. The molecular weight excluding hydrogens is 270 g/mol. The Balaban J connectivity index is 2.11. The van der Waals surface area contributed by atoms with E-state index < -0.39 is 0 Å². The molecule has 20 heavy (non-hydrogen) atoms. The zero-order chi connectivity index (χ0) is 14.5. The lowest BCUT2D eigenvalue weighted by Crippen LogP contribution is -2.11. The second kappa shape index (κ2) is 6.72. The number of aryl methyl sites for hydroxylation is 1. The van der Waals surface area contributed by atoms with Gasteiger partial charge in [-0.2, -0.15) is 0 Å². The molecule has 0 aliphatic rings. The first-order chi connectivity index (χ1) is 9.58. The first kappa shape index (κ1) is 14.8. The molecule has 1 heterocycles. The molecule has 108 valence electrons. The Kier molecular flexibility index (Phi) is 4.98. The Morgan fingerprint density at radius 1 is 1.35 bits per heavy atom. The van der Waals surface area contributed by atoms with Gasteiger partial charge in [0.2, 0.25) is 0 Å². The zero-order valence-corrected chi connectivity index (χ0v) is 13.3. The van der Waals surface area contributed by atoms with E-state index in [0.29, 0.717) is 0 Å².